The number of aromatic nitrogens is 2. The third kappa shape index (κ3) is 4.49. The second-order valence-electron chi connectivity index (χ2n) is 7.71. The molecule has 1 saturated heterocycles. The number of benzene rings is 2. The number of rotatable bonds is 5. The molecule has 1 aliphatic heterocycles. The van der Waals surface area contributed by atoms with Gasteiger partial charge < -0.3 is 9.80 Å². The molecule has 0 saturated carbocycles. The minimum absolute atomic E-state index is 0.0765. The Labute approximate surface area is 181 Å². The molecule has 0 unspecified atom stereocenters. The standard InChI is InChI=1S/C23H25ClN4O2/c1-17-8-9-21-18(14-17)16-25-28(21)23(30)7-3-6-22(29)27-12-10-26(11-13-27)20-5-2-4-19(24)15-20/h2,4-5,8-9,14-16H,3,6-7,10-13H2,1H3. The van der Waals surface area contributed by atoms with Crippen molar-refractivity contribution in [3.63, 3.8) is 0 Å². The topological polar surface area (TPSA) is 58.4 Å². The van der Waals surface area contributed by atoms with Crippen LogP contribution in [0.3, 0.4) is 0 Å². The SMILES string of the molecule is Cc1ccc2c(cnn2C(=O)CCCC(=O)N2CCN(c3cccc(Cl)c3)CC2)c1. The molecule has 30 heavy (non-hydrogen) atoms. The molecule has 1 aromatic heterocycles. The zero-order valence-electron chi connectivity index (χ0n) is 17.1. The summed E-state index contributed by atoms with van der Waals surface area (Å²) in [7, 11) is 0. The molecule has 1 amide bonds. The lowest BCUT2D eigenvalue weighted by Gasteiger charge is -2.36. The summed E-state index contributed by atoms with van der Waals surface area (Å²) in [6, 6.07) is 13.7. The summed E-state index contributed by atoms with van der Waals surface area (Å²) < 4.78 is 1.45. The van der Waals surface area contributed by atoms with Gasteiger partial charge in [0.25, 0.3) is 0 Å². The van der Waals surface area contributed by atoms with Gasteiger partial charge in [-0.05, 0) is 43.7 Å². The molecular formula is C23H25ClN4O2. The number of anilines is 1. The van der Waals surface area contributed by atoms with Gasteiger partial charge in [0, 0.05) is 55.1 Å². The van der Waals surface area contributed by atoms with Gasteiger partial charge in [-0.15, -0.1) is 0 Å². The quantitative estimate of drug-likeness (QED) is 0.617. The lowest BCUT2D eigenvalue weighted by molar-refractivity contribution is -0.131. The summed E-state index contributed by atoms with van der Waals surface area (Å²) in [5.74, 6) is 0.0296. The minimum atomic E-state index is -0.0765. The van der Waals surface area contributed by atoms with Crippen LogP contribution in [0.2, 0.25) is 5.02 Å². The monoisotopic (exact) mass is 424 g/mol. The maximum atomic E-state index is 12.6. The number of carbonyl (C=O) groups excluding carboxylic acids is 2. The summed E-state index contributed by atoms with van der Waals surface area (Å²) in [6.07, 6.45) is 2.92. The van der Waals surface area contributed by atoms with Crippen molar-refractivity contribution in [1.82, 2.24) is 14.7 Å². The van der Waals surface area contributed by atoms with Crippen LogP contribution in [0.15, 0.2) is 48.7 Å². The van der Waals surface area contributed by atoms with Crippen molar-refractivity contribution < 1.29 is 9.59 Å². The van der Waals surface area contributed by atoms with E-state index in [2.05, 4.69) is 10.00 Å². The number of carbonyl (C=O) groups is 2. The minimum Gasteiger partial charge on any atom is -0.368 e. The molecule has 156 valence electrons. The first kappa shape index (κ1) is 20.4. The Morgan fingerprint density at radius 2 is 1.77 bits per heavy atom. The number of hydrogen-bond acceptors (Lipinski definition) is 4. The zero-order chi connectivity index (χ0) is 21.1. The maximum Gasteiger partial charge on any atom is 0.247 e. The third-order valence-corrected chi connectivity index (χ3v) is 5.78. The van der Waals surface area contributed by atoms with Crippen LogP contribution in [-0.2, 0) is 4.79 Å². The maximum absolute atomic E-state index is 12.6. The van der Waals surface area contributed by atoms with E-state index in [-0.39, 0.29) is 11.8 Å². The summed E-state index contributed by atoms with van der Waals surface area (Å²) in [4.78, 5) is 29.2. The normalized spacial score (nSPS) is 14.3. The molecule has 1 aliphatic rings. The van der Waals surface area contributed by atoms with Crippen LogP contribution in [0.1, 0.15) is 29.6 Å². The van der Waals surface area contributed by atoms with Gasteiger partial charge >= 0.3 is 0 Å². The van der Waals surface area contributed by atoms with Crippen molar-refractivity contribution in [3.05, 3.63) is 59.2 Å². The van der Waals surface area contributed by atoms with Gasteiger partial charge in [0.1, 0.15) is 0 Å². The van der Waals surface area contributed by atoms with Gasteiger partial charge in [-0.1, -0.05) is 29.3 Å². The van der Waals surface area contributed by atoms with E-state index in [1.165, 1.54) is 4.68 Å². The van der Waals surface area contributed by atoms with E-state index in [4.69, 9.17) is 11.6 Å². The first-order valence-electron chi connectivity index (χ1n) is 10.3. The van der Waals surface area contributed by atoms with Crippen molar-refractivity contribution >= 4 is 40.0 Å². The first-order valence-corrected chi connectivity index (χ1v) is 10.6. The molecular weight excluding hydrogens is 400 g/mol. The molecule has 1 fully saturated rings. The van der Waals surface area contributed by atoms with Gasteiger partial charge in [-0.2, -0.15) is 5.10 Å². The van der Waals surface area contributed by atoms with Crippen LogP contribution < -0.4 is 4.90 Å². The Morgan fingerprint density at radius 1 is 1.00 bits per heavy atom. The lowest BCUT2D eigenvalue weighted by Crippen LogP contribution is -2.48. The van der Waals surface area contributed by atoms with Gasteiger partial charge in [0.05, 0.1) is 11.7 Å². The summed E-state index contributed by atoms with van der Waals surface area (Å²) in [6.45, 7) is 4.94. The van der Waals surface area contributed by atoms with Crippen molar-refractivity contribution in [2.75, 3.05) is 31.1 Å². The highest BCUT2D eigenvalue weighted by Gasteiger charge is 2.21. The largest absolute Gasteiger partial charge is 0.368 e. The Balaban J connectivity index is 1.25. The van der Waals surface area contributed by atoms with Crippen LogP contribution in [0.5, 0.6) is 0 Å². The molecule has 6 nitrogen and oxygen atoms in total. The molecule has 2 heterocycles. The Hall–Kier alpha value is -2.86. The molecule has 0 radical (unpaired) electrons. The van der Waals surface area contributed by atoms with Crippen LogP contribution in [0.4, 0.5) is 5.69 Å². The van der Waals surface area contributed by atoms with E-state index < -0.39 is 0 Å². The number of fused-ring (bicyclic) bond motifs is 1. The second-order valence-corrected chi connectivity index (χ2v) is 8.15. The summed E-state index contributed by atoms with van der Waals surface area (Å²) in [5, 5.41) is 5.90. The highest BCUT2D eigenvalue weighted by atomic mass is 35.5. The lowest BCUT2D eigenvalue weighted by atomic mass is 10.1. The highest BCUT2D eigenvalue weighted by Crippen LogP contribution is 2.21. The molecule has 4 rings (SSSR count). The van der Waals surface area contributed by atoms with Crippen LogP contribution in [0.25, 0.3) is 10.9 Å². The van der Waals surface area contributed by atoms with Crippen LogP contribution in [0, 0.1) is 6.92 Å². The summed E-state index contributed by atoms with van der Waals surface area (Å²) >= 11 is 6.08. The molecule has 3 aromatic rings. The van der Waals surface area contributed by atoms with E-state index in [0.717, 1.165) is 40.3 Å². The fourth-order valence-electron chi connectivity index (χ4n) is 3.89. The molecule has 0 spiro atoms. The van der Waals surface area contributed by atoms with Crippen molar-refractivity contribution in [1.29, 1.82) is 0 Å². The van der Waals surface area contributed by atoms with Gasteiger partial charge in [-0.25, -0.2) is 4.68 Å². The van der Waals surface area contributed by atoms with Gasteiger partial charge in [-0.3, -0.25) is 9.59 Å². The molecule has 7 heteroatoms. The molecule has 2 aromatic carbocycles. The fraction of sp³-hybridized carbons (Fsp3) is 0.348. The Kier molecular flexibility index (Phi) is 6.04. The predicted molar refractivity (Wildman–Crippen MR) is 119 cm³/mol. The predicted octanol–water partition coefficient (Wildman–Crippen LogP) is 4.16. The van der Waals surface area contributed by atoms with Crippen LogP contribution >= 0.6 is 11.6 Å². The number of piperazine rings is 1. The first-order chi connectivity index (χ1) is 14.5. The molecule has 0 atom stereocenters. The van der Waals surface area contributed by atoms with Gasteiger partial charge in [0.2, 0.25) is 11.8 Å². The average Bonchev–Trinajstić information content (AvgIpc) is 3.17. The van der Waals surface area contributed by atoms with Crippen molar-refractivity contribution in [2.24, 2.45) is 0 Å². The summed E-state index contributed by atoms with van der Waals surface area (Å²) in [5.41, 5.74) is 3.03. The molecule has 0 N–H and O–H groups in total. The second kappa shape index (κ2) is 8.88. The van der Waals surface area contributed by atoms with Gasteiger partial charge in [0.15, 0.2) is 0 Å². The Morgan fingerprint density at radius 3 is 2.53 bits per heavy atom. The molecule has 0 bridgehead atoms. The van der Waals surface area contributed by atoms with E-state index >= 15 is 0 Å². The van der Waals surface area contributed by atoms with Crippen molar-refractivity contribution in [3.8, 4) is 0 Å². The van der Waals surface area contributed by atoms with Crippen molar-refractivity contribution in [2.45, 2.75) is 26.2 Å². The third-order valence-electron chi connectivity index (χ3n) is 5.55. The van der Waals surface area contributed by atoms with E-state index in [1.807, 2.05) is 54.3 Å². The van der Waals surface area contributed by atoms with E-state index in [9.17, 15) is 9.59 Å². The number of hydrogen-bond donors (Lipinski definition) is 0. The molecule has 0 aliphatic carbocycles. The number of aryl methyl sites for hydroxylation is 1. The number of amides is 1. The van der Waals surface area contributed by atoms with E-state index in [0.29, 0.717) is 32.4 Å². The smallest absolute Gasteiger partial charge is 0.247 e. The Bertz CT molecular complexity index is 1070. The van der Waals surface area contributed by atoms with E-state index in [1.54, 1.807) is 6.20 Å². The average molecular weight is 425 g/mol. The highest BCUT2D eigenvalue weighted by molar-refractivity contribution is 6.30. The van der Waals surface area contributed by atoms with Crippen LogP contribution in [-0.4, -0.2) is 52.7 Å². The number of halogens is 1. The number of nitrogens with zero attached hydrogens (tertiary/aromatic N) is 4. The zero-order valence-corrected chi connectivity index (χ0v) is 17.8. The fourth-order valence-corrected chi connectivity index (χ4v) is 4.08.